The van der Waals surface area contributed by atoms with Gasteiger partial charge in [0.2, 0.25) is 0 Å². The third-order valence-electron chi connectivity index (χ3n) is 2.47. The molecule has 4 nitrogen and oxygen atoms in total. The molecule has 18 heavy (non-hydrogen) atoms. The Bertz CT molecular complexity index is 394. The van der Waals surface area contributed by atoms with Crippen LogP contribution in [0.4, 0.5) is 4.79 Å². The van der Waals surface area contributed by atoms with Crippen molar-refractivity contribution >= 4 is 24.9 Å². The summed E-state index contributed by atoms with van der Waals surface area (Å²) < 4.78 is 5.34. The molecule has 0 radical (unpaired) electrons. The minimum absolute atomic E-state index is 0.309. The number of thiol groups is 1. The average molecular weight is 268 g/mol. The van der Waals surface area contributed by atoms with Crippen LogP contribution in [0.3, 0.4) is 0 Å². The van der Waals surface area contributed by atoms with Crippen molar-refractivity contribution in [2.45, 2.75) is 32.8 Å². The van der Waals surface area contributed by atoms with Crippen LogP contribution in [0.1, 0.15) is 27.2 Å². The topological polar surface area (TPSA) is 53.4 Å². The first-order valence-electron chi connectivity index (χ1n) is 5.89. The Morgan fingerprint density at radius 1 is 1.56 bits per heavy atom. The summed E-state index contributed by atoms with van der Waals surface area (Å²) in [6, 6.07) is 0. The molecule has 0 saturated carbocycles. The number of hydrogen-bond donors (Lipinski definition) is 2. The van der Waals surface area contributed by atoms with Crippen molar-refractivity contribution in [1.82, 2.24) is 4.90 Å². The molecule has 1 aliphatic rings. The lowest BCUT2D eigenvalue weighted by molar-refractivity contribution is 0.0264. The Balaban J connectivity index is 2.71. The maximum atomic E-state index is 11.9. The second-order valence-electron chi connectivity index (χ2n) is 5.15. The fraction of sp³-hybridized carbons (Fsp3) is 0.538. The van der Waals surface area contributed by atoms with Crippen LogP contribution in [-0.4, -0.2) is 35.9 Å². The Morgan fingerprint density at radius 3 is 2.72 bits per heavy atom. The third kappa shape index (κ3) is 4.22. The molecule has 0 atom stereocenters. The van der Waals surface area contributed by atoms with Gasteiger partial charge in [0, 0.05) is 24.9 Å². The summed E-state index contributed by atoms with van der Waals surface area (Å²) in [5.74, 6) is 0. The molecule has 0 spiro atoms. The quantitative estimate of drug-likeness (QED) is 0.597. The third-order valence-corrected chi connectivity index (χ3v) is 2.75. The second-order valence-corrected chi connectivity index (χ2v) is 5.41. The minimum Gasteiger partial charge on any atom is -0.444 e. The van der Waals surface area contributed by atoms with Gasteiger partial charge < -0.3 is 15.0 Å². The first-order valence-corrected chi connectivity index (χ1v) is 6.41. The molecule has 1 amide bonds. The number of nitrogens with zero attached hydrogens (tertiary/aromatic N) is 1. The number of carbonyl (C=O) groups excluding carboxylic acids is 1. The second kappa shape index (κ2) is 6.09. The Morgan fingerprint density at radius 2 is 2.22 bits per heavy atom. The zero-order chi connectivity index (χ0) is 13.8. The molecular weight excluding hydrogens is 248 g/mol. The van der Waals surface area contributed by atoms with Crippen molar-refractivity contribution in [2.24, 2.45) is 0 Å². The van der Waals surface area contributed by atoms with Crippen LogP contribution in [0.5, 0.6) is 0 Å². The molecule has 0 unspecified atom stereocenters. The zero-order valence-electron chi connectivity index (χ0n) is 11.1. The van der Waals surface area contributed by atoms with Crippen molar-refractivity contribution in [3.8, 4) is 0 Å². The summed E-state index contributed by atoms with van der Waals surface area (Å²) >= 11 is 4.07. The van der Waals surface area contributed by atoms with E-state index in [0.717, 1.165) is 17.6 Å². The molecule has 1 N–H and O–H groups in total. The monoisotopic (exact) mass is 268 g/mol. The molecule has 1 heterocycles. The molecule has 0 aromatic heterocycles. The van der Waals surface area contributed by atoms with E-state index in [1.54, 1.807) is 10.3 Å². The van der Waals surface area contributed by atoms with E-state index in [1.165, 1.54) is 6.21 Å². The van der Waals surface area contributed by atoms with Crippen LogP contribution in [0.25, 0.3) is 0 Å². The summed E-state index contributed by atoms with van der Waals surface area (Å²) in [6.45, 7) is 6.67. The highest BCUT2D eigenvalue weighted by atomic mass is 32.1. The van der Waals surface area contributed by atoms with E-state index in [0.29, 0.717) is 13.1 Å². The van der Waals surface area contributed by atoms with E-state index in [9.17, 15) is 4.79 Å². The Kier molecular flexibility index (Phi) is 5.02. The van der Waals surface area contributed by atoms with Crippen LogP contribution >= 0.6 is 12.6 Å². The van der Waals surface area contributed by atoms with Crippen LogP contribution < -0.4 is 0 Å². The molecule has 0 aromatic rings. The molecule has 1 aliphatic heterocycles. The van der Waals surface area contributed by atoms with E-state index in [1.807, 2.05) is 26.8 Å². The largest absolute Gasteiger partial charge is 0.444 e. The Labute approximate surface area is 114 Å². The standard InChI is InChI=1S/C13H20N2O2S/c1-13(2,3)17-12(16)15-6-4-5-10(8-15)11(7-14)9-18/h5,7,9,14,18H,4,6,8H2,1-3H3/b11-9+,14-7?. The molecule has 0 aliphatic carbocycles. The molecule has 0 saturated heterocycles. The van der Waals surface area contributed by atoms with Crippen molar-refractivity contribution in [3.63, 3.8) is 0 Å². The fourth-order valence-electron chi connectivity index (χ4n) is 1.65. The number of amides is 1. The summed E-state index contributed by atoms with van der Waals surface area (Å²) in [7, 11) is 0. The van der Waals surface area contributed by atoms with Gasteiger partial charge in [-0.05, 0) is 38.2 Å². The first-order chi connectivity index (χ1) is 8.37. The van der Waals surface area contributed by atoms with Crippen LogP contribution in [0.15, 0.2) is 22.6 Å². The summed E-state index contributed by atoms with van der Waals surface area (Å²) in [6.07, 6.45) is 3.75. The van der Waals surface area contributed by atoms with Gasteiger partial charge in [0.05, 0.1) is 0 Å². The molecule has 0 bridgehead atoms. The van der Waals surface area contributed by atoms with Crippen molar-refractivity contribution < 1.29 is 9.53 Å². The Hall–Kier alpha value is -1.23. The van der Waals surface area contributed by atoms with Gasteiger partial charge in [-0.25, -0.2) is 4.79 Å². The van der Waals surface area contributed by atoms with Crippen molar-refractivity contribution in [1.29, 1.82) is 5.41 Å². The van der Waals surface area contributed by atoms with Crippen molar-refractivity contribution in [2.75, 3.05) is 13.1 Å². The summed E-state index contributed by atoms with van der Waals surface area (Å²) in [5.41, 5.74) is 1.19. The van der Waals surface area contributed by atoms with E-state index >= 15 is 0 Å². The lowest BCUT2D eigenvalue weighted by atomic mass is 10.0. The molecular formula is C13H20N2O2S. The molecule has 5 heteroatoms. The van der Waals surface area contributed by atoms with E-state index in [-0.39, 0.29) is 6.09 Å². The van der Waals surface area contributed by atoms with Gasteiger partial charge in [0.1, 0.15) is 5.60 Å². The van der Waals surface area contributed by atoms with Gasteiger partial charge in [-0.3, -0.25) is 0 Å². The maximum absolute atomic E-state index is 11.9. The average Bonchev–Trinajstić information content (AvgIpc) is 2.29. The van der Waals surface area contributed by atoms with Gasteiger partial charge in [-0.1, -0.05) is 6.08 Å². The molecule has 0 aromatic carbocycles. The zero-order valence-corrected chi connectivity index (χ0v) is 12.0. The number of hydrogen-bond acceptors (Lipinski definition) is 4. The van der Waals surface area contributed by atoms with E-state index in [4.69, 9.17) is 10.1 Å². The van der Waals surface area contributed by atoms with Gasteiger partial charge in [-0.15, -0.1) is 0 Å². The van der Waals surface area contributed by atoms with Crippen molar-refractivity contribution in [3.05, 3.63) is 22.6 Å². The molecule has 0 fully saturated rings. The maximum Gasteiger partial charge on any atom is 0.410 e. The van der Waals surface area contributed by atoms with E-state index in [2.05, 4.69) is 12.6 Å². The van der Waals surface area contributed by atoms with Gasteiger partial charge in [0.15, 0.2) is 0 Å². The first kappa shape index (κ1) is 14.8. The van der Waals surface area contributed by atoms with Gasteiger partial charge >= 0.3 is 6.09 Å². The lowest BCUT2D eigenvalue weighted by Crippen LogP contribution is -2.40. The highest BCUT2D eigenvalue weighted by Crippen LogP contribution is 2.19. The lowest BCUT2D eigenvalue weighted by Gasteiger charge is -2.30. The normalized spacial score (nSPS) is 17.2. The predicted octanol–water partition coefficient (Wildman–Crippen LogP) is 3.02. The number of rotatable bonds is 2. The number of carbonyl (C=O) groups is 1. The van der Waals surface area contributed by atoms with Crippen LogP contribution in [0, 0.1) is 5.41 Å². The minimum atomic E-state index is -0.484. The summed E-state index contributed by atoms with van der Waals surface area (Å²) in [4.78, 5) is 13.6. The van der Waals surface area contributed by atoms with Gasteiger partial charge in [0.25, 0.3) is 0 Å². The fourth-order valence-corrected chi connectivity index (χ4v) is 1.89. The highest BCUT2D eigenvalue weighted by molar-refractivity contribution is 7.83. The predicted molar refractivity (Wildman–Crippen MR) is 76.4 cm³/mol. The van der Waals surface area contributed by atoms with Crippen LogP contribution in [-0.2, 0) is 4.74 Å². The smallest absolute Gasteiger partial charge is 0.410 e. The number of nitrogens with one attached hydrogen (secondary N) is 1. The molecule has 100 valence electrons. The SMILES string of the molecule is CC(C)(C)OC(=O)N1CCC=C(/C(C=N)=C/S)C1. The number of ether oxygens (including phenoxy) is 1. The molecule has 1 rings (SSSR count). The van der Waals surface area contributed by atoms with Gasteiger partial charge in [-0.2, -0.15) is 12.6 Å². The van der Waals surface area contributed by atoms with E-state index < -0.39 is 5.60 Å². The van der Waals surface area contributed by atoms with Crippen LogP contribution in [0.2, 0.25) is 0 Å². The highest BCUT2D eigenvalue weighted by Gasteiger charge is 2.24. The summed E-state index contributed by atoms with van der Waals surface area (Å²) in [5, 5.41) is 8.88.